The first-order chi connectivity index (χ1) is 10.5. The van der Waals surface area contributed by atoms with Crippen LogP contribution in [0.15, 0.2) is 4.52 Å². The van der Waals surface area contributed by atoms with Crippen molar-refractivity contribution >= 4 is 11.8 Å². The molecule has 2 heterocycles. The molecule has 2 N–H and O–H groups in total. The average Bonchev–Trinajstić information content (AvgIpc) is 2.71. The first-order valence-electron chi connectivity index (χ1n) is 7.64. The number of aromatic nitrogens is 1. The van der Waals surface area contributed by atoms with Crippen LogP contribution in [0.25, 0.3) is 0 Å². The lowest BCUT2D eigenvalue weighted by molar-refractivity contribution is -0.142. The van der Waals surface area contributed by atoms with Crippen LogP contribution in [-0.2, 0) is 16.0 Å². The van der Waals surface area contributed by atoms with Gasteiger partial charge in [-0.05, 0) is 39.5 Å². The molecule has 0 spiro atoms. The molecule has 0 aliphatic carbocycles. The lowest BCUT2D eigenvalue weighted by Gasteiger charge is -2.21. The van der Waals surface area contributed by atoms with Crippen LogP contribution in [0.2, 0.25) is 0 Å². The molecule has 7 heteroatoms. The molecule has 0 aromatic carbocycles. The van der Waals surface area contributed by atoms with Crippen LogP contribution in [0.4, 0.5) is 0 Å². The van der Waals surface area contributed by atoms with E-state index in [1.54, 1.807) is 0 Å². The van der Waals surface area contributed by atoms with Gasteiger partial charge in [0.1, 0.15) is 11.9 Å². The van der Waals surface area contributed by atoms with E-state index >= 15 is 0 Å². The Morgan fingerprint density at radius 1 is 1.45 bits per heavy atom. The first kappa shape index (κ1) is 16.5. The van der Waals surface area contributed by atoms with E-state index < -0.39 is 6.10 Å². The highest BCUT2D eigenvalue weighted by Gasteiger charge is 2.26. The van der Waals surface area contributed by atoms with Crippen molar-refractivity contribution < 1.29 is 19.2 Å². The molecule has 1 unspecified atom stereocenters. The summed E-state index contributed by atoms with van der Waals surface area (Å²) in [6.07, 6.45) is 1.76. The molecule has 22 heavy (non-hydrogen) atoms. The number of carbonyl (C=O) groups is 2. The minimum atomic E-state index is -0.974. The van der Waals surface area contributed by atoms with Crippen LogP contribution in [0, 0.1) is 13.8 Å². The number of carbonyl (C=O) groups excluding carboxylic acids is 2. The third-order valence-corrected chi connectivity index (χ3v) is 3.97. The van der Waals surface area contributed by atoms with Gasteiger partial charge in [-0.25, -0.2) is 0 Å². The molecule has 0 radical (unpaired) electrons. The van der Waals surface area contributed by atoms with Crippen LogP contribution >= 0.6 is 0 Å². The smallest absolute Gasteiger partial charge is 0.251 e. The number of rotatable bonds is 5. The van der Waals surface area contributed by atoms with Gasteiger partial charge in [-0.1, -0.05) is 5.16 Å². The van der Waals surface area contributed by atoms with Gasteiger partial charge in [0, 0.05) is 18.7 Å². The molecule has 1 fully saturated rings. The molecule has 2 amide bonds. The highest BCUT2D eigenvalue weighted by Crippen LogP contribution is 2.13. The Morgan fingerprint density at radius 3 is 2.91 bits per heavy atom. The molecule has 0 saturated carbocycles. The van der Waals surface area contributed by atoms with Gasteiger partial charge in [-0.3, -0.25) is 9.59 Å². The van der Waals surface area contributed by atoms with Crippen molar-refractivity contribution in [1.29, 1.82) is 0 Å². The molecule has 1 aliphatic heterocycles. The van der Waals surface area contributed by atoms with Crippen molar-refractivity contribution in [1.82, 2.24) is 15.4 Å². The van der Waals surface area contributed by atoms with E-state index in [4.69, 9.17) is 4.52 Å². The number of aliphatic hydroxyl groups excluding tert-OH is 1. The van der Waals surface area contributed by atoms with E-state index in [0.29, 0.717) is 25.9 Å². The van der Waals surface area contributed by atoms with Crippen molar-refractivity contribution in [3.63, 3.8) is 0 Å². The number of aryl methyl sites for hydroxylation is 2. The quantitative estimate of drug-likeness (QED) is 0.817. The summed E-state index contributed by atoms with van der Waals surface area (Å²) in [5.41, 5.74) is 1.83. The van der Waals surface area contributed by atoms with E-state index in [2.05, 4.69) is 10.5 Å². The molecule has 122 valence electrons. The third kappa shape index (κ3) is 4.07. The van der Waals surface area contributed by atoms with Crippen LogP contribution < -0.4 is 5.32 Å². The maximum atomic E-state index is 11.9. The summed E-state index contributed by atoms with van der Waals surface area (Å²) in [5.74, 6) is 0.199. The number of hydrogen-bond acceptors (Lipinski definition) is 5. The maximum absolute atomic E-state index is 11.9. The highest BCUT2D eigenvalue weighted by molar-refractivity contribution is 5.87. The fourth-order valence-electron chi connectivity index (χ4n) is 2.66. The Balaban J connectivity index is 1.79. The third-order valence-electron chi connectivity index (χ3n) is 3.97. The normalized spacial score (nSPS) is 19.1. The lowest BCUT2D eigenvalue weighted by atomic mass is 10.1. The summed E-state index contributed by atoms with van der Waals surface area (Å²) >= 11 is 0. The summed E-state index contributed by atoms with van der Waals surface area (Å²) in [4.78, 5) is 25.3. The first-order valence-corrected chi connectivity index (χ1v) is 7.64. The Labute approximate surface area is 129 Å². The molecular formula is C15H23N3O4. The van der Waals surface area contributed by atoms with Gasteiger partial charge in [0.15, 0.2) is 0 Å². The van der Waals surface area contributed by atoms with Gasteiger partial charge in [0.25, 0.3) is 5.91 Å². The second-order valence-corrected chi connectivity index (χ2v) is 5.67. The predicted molar refractivity (Wildman–Crippen MR) is 79.1 cm³/mol. The Bertz CT molecular complexity index is 521. The molecular weight excluding hydrogens is 286 g/mol. The van der Waals surface area contributed by atoms with E-state index in [0.717, 1.165) is 29.9 Å². The van der Waals surface area contributed by atoms with Crippen LogP contribution in [0.3, 0.4) is 0 Å². The van der Waals surface area contributed by atoms with Gasteiger partial charge in [0.05, 0.1) is 12.2 Å². The molecule has 1 aromatic rings. The van der Waals surface area contributed by atoms with Gasteiger partial charge in [-0.2, -0.15) is 0 Å². The number of nitrogens with one attached hydrogen (secondary N) is 1. The molecule has 1 aromatic heterocycles. The Kier molecular flexibility index (Phi) is 5.54. The maximum Gasteiger partial charge on any atom is 0.251 e. The van der Waals surface area contributed by atoms with Crippen molar-refractivity contribution in [2.45, 2.75) is 45.6 Å². The molecule has 2 rings (SSSR count). The fourth-order valence-corrected chi connectivity index (χ4v) is 2.66. The molecule has 7 nitrogen and oxygen atoms in total. The summed E-state index contributed by atoms with van der Waals surface area (Å²) in [6.45, 7) is 4.69. The monoisotopic (exact) mass is 309 g/mol. The van der Waals surface area contributed by atoms with Crippen molar-refractivity contribution in [2.24, 2.45) is 0 Å². The van der Waals surface area contributed by atoms with E-state index in [1.807, 2.05) is 13.8 Å². The molecule has 0 bridgehead atoms. The zero-order chi connectivity index (χ0) is 16.1. The number of hydrogen-bond donors (Lipinski definition) is 2. The molecule has 1 aliphatic rings. The second-order valence-electron chi connectivity index (χ2n) is 5.67. The van der Waals surface area contributed by atoms with E-state index in [9.17, 15) is 14.7 Å². The minimum Gasteiger partial charge on any atom is -0.383 e. The standard InChI is InChI=1S/C15H23N3O4/c1-10-12(11(2)22-17-10)6-7-16-14(20)9-18-8-4-3-5-13(19)15(18)21/h13,19H,3-9H2,1-2H3,(H,16,20). The van der Waals surface area contributed by atoms with Crippen LogP contribution in [0.1, 0.15) is 36.3 Å². The second kappa shape index (κ2) is 7.40. The predicted octanol–water partition coefficient (Wildman–Crippen LogP) is 0.324. The van der Waals surface area contributed by atoms with Crippen molar-refractivity contribution in [2.75, 3.05) is 19.6 Å². The SMILES string of the molecule is Cc1noc(C)c1CCNC(=O)CN1CCCCC(O)C1=O. The van der Waals surface area contributed by atoms with Gasteiger partial charge >= 0.3 is 0 Å². The zero-order valence-corrected chi connectivity index (χ0v) is 13.1. The average molecular weight is 309 g/mol. The van der Waals surface area contributed by atoms with E-state index in [1.165, 1.54) is 4.90 Å². The highest BCUT2D eigenvalue weighted by atomic mass is 16.5. The number of aliphatic hydroxyl groups is 1. The largest absolute Gasteiger partial charge is 0.383 e. The fraction of sp³-hybridized carbons (Fsp3) is 0.667. The summed E-state index contributed by atoms with van der Waals surface area (Å²) < 4.78 is 5.07. The molecule has 1 atom stereocenters. The number of amides is 2. The summed E-state index contributed by atoms with van der Waals surface area (Å²) in [7, 11) is 0. The zero-order valence-electron chi connectivity index (χ0n) is 13.1. The van der Waals surface area contributed by atoms with Gasteiger partial charge in [0.2, 0.25) is 5.91 Å². The molecule has 1 saturated heterocycles. The van der Waals surface area contributed by atoms with Crippen molar-refractivity contribution in [3.8, 4) is 0 Å². The van der Waals surface area contributed by atoms with Crippen LogP contribution in [-0.4, -0.2) is 52.7 Å². The lowest BCUT2D eigenvalue weighted by Crippen LogP contribution is -2.44. The van der Waals surface area contributed by atoms with Crippen molar-refractivity contribution in [3.05, 3.63) is 17.0 Å². The minimum absolute atomic E-state index is 0.00249. The topological polar surface area (TPSA) is 95.7 Å². The Morgan fingerprint density at radius 2 is 2.23 bits per heavy atom. The summed E-state index contributed by atoms with van der Waals surface area (Å²) in [6, 6.07) is 0. The number of nitrogens with zero attached hydrogens (tertiary/aromatic N) is 2. The van der Waals surface area contributed by atoms with Crippen LogP contribution in [0.5, 0.6) is 0 Å². The van der Waals surface area contributed by atoms with Gasteiger partial charge in [-0.15, -0.1) is 0 Å². The number of likely N-dealkylation sites (tertiary alicyclic amines) is 1. The van der Waals surface area contributed by atoms with E-state index in [-0.39, 0.29) is 18.4 Å². The van der Waals surface area contributed by atoms with Gasteiger partial charge < -0.3 is 19.8 Å². The Hall–Kier alpha value is -1.89. The summed E-state index contributed by atoms with van der Waals surface area (Å²) in [5, 5.41) is 16.3.